The first-order valence-electron chi connectivity index (χ1n) is 3.33. The zero-order valence-corrected chi connectivity index (χ0v) is 8.17. The summed E-state index contributed by atoms with van der Waals surface area (Å²) in [4.78, 5) is 0. The highest BCUT2D eigenvalue weighted by molar-refractivity contribution is 6.21. The molecule has 0 aromatic carbocycles. The van der Waals surface area contributed by atoms with Crippen LogP contribution in [0, 0.1) is 0 Å². The van der Waals surface area contributed by atoms with Crippen LogP contribution < -0.4 is 0 Å². The molecule has 0 aliphatic carbocycles. The molecule has 0 bridgehead atoms. The van der Waals surface area contributed by atoms with Crippen molar-refractivity contribution in [2.45, 2.75) is 38.4 Å². The van der Waals surface area contributed by atoms with Crippen molar-refractivity contribution >= 4 is 23.2 Å². The van der Waals surface area contributed by atoms with Crippen molar-refractivity contribution in [2.75, 3.05) is 5.88 Å². The molecule has 10 heavy (non-hydrogen) atoms. The largest absolute Gasteiger partial charge is 0.357 e. The molecule has 0 heterocycles. The van der Waals surface area contributed by atoms with Gasteiger partial charge < -0.3 is 4.74 Å². The molecule has 62 valence electrons. The second-order valence-corrected chi connectivity index (χ2v) is 3.98. The average Bonchev–Trinajstić information content (AvgIpc) is 1.59. The fraction of sp³-hybridized carbons (Fsp3) is 1.00. The third kappa shape index (κ3) is 6.66. The summed E-state index contributed by atoms with van der Waals surface area (Å²) in [6.07, 6.45) is 0.695. The molecule has 0 fully saturated rings. The molecule has 0 rings (SSSR count). The van der Waals surface area contributed by atoms with E-state index >= 15 is 0 Å². The third-order valence-electron chi connectivity index (χ3n) is 0.817. The molecule has 1 unspecified atom stereocenters. The minimum Gasteiger partial charge on any atom is -0.357 e. The van der Waals surface area contributed by atoms with Crippen molar-refractivity contribution in [3.05, 3.63) is 0 Å². The van der Waals surface area contributed by atoms with Crippen LogP contribution in [0.1, 0.15) is 27.2 Å². The predicted octanol–water partition coefficient (Wildman–Crippen LogP) is 3.00. The number of hydrogen-bond acceptors (Lipinski definition) is 1. The molecule has 0 aromatic heterocycles. The topological polar surface area (TPSA) is 9.23 Å². The van der Waals surface area contributed by atoms with Gasteiger partial charge in [-0.25, -0.2) is 0 Å². The Morgan fingerprint density at radius 3 is 2.20 bits per heavy atom. The highest BCUT2D eigenvalue weighted by Gasteiger charge is 2.15. The maximum Gasteiger partial charge on any atom is 0.133 e. The molecular formula is C7H14Cl2O. The molecule has 0 aliphatic rings. The molecule has 1 nitrogen and oxygen atoms in total. The number of alkyl halides is 2. The van der Waals surface area contributed by atoms with Crippen LogP contribution in [-0.2, 0) is 4.74 Å². The minimum atomic E-state index is -0.252. The van der Waals surface area contributed by atoms with Crippen molar-refractivity contribution in [1.82, 2.24) is 0 Å². The van der Waals surface area contributed by atoms with Gasteiger partial charge in [-0.1, -0.05) is 11.6 Å². The first-order valence-corrected chi connectivity index (χ1v) is 4.30. The van der Waals surface area contributed by atoms with Gasteiger partial charge in [-0.3, -0.25) is 0 Å². The van der Waals surface area contributed by atoms with Crippen LogP contribution in [0.25, 0.3) is 0 Å². The van der Waals surface area contributed by atoms with Crippen LogP contribution in [0.15, 0.2) is 0 Å². The molecule has 0 radical (unpaired) electrons. The number of hydrogen-bond donors (Lipinski definition) is 0. The van der Waals surface area contributed by atoms with E-state index in [1.807, 2.05) is 20.8 Å². The highest BCUT2D eigenvalue weighted by Crippen LogP contribution is 2.15. The standard InChI is InChI=1S/C7H14Cl2O/c1-7(2,3)10-6(9)4-5-8/h6H,4-5H2,1-3H3. The van der Waals surface area contributed by atoms with Gasteiger partial charge in [0.15, 0.2) is 0 Å². The van der Waals surface area contributed by atoms with E-state index in [1.165, 1.54) is 0 Å². The molecule has 0 aromatic rings. The van der Waals surface area contributed by atoms with E-state index in [2.05, 4.69) is 0 Å². The maximum absolute atomic E-state index is 5.76. The lowest BCUT2D eigenvalue weighted by Crippen LogP contribution is -2.24. The van der Waals surface area contributed by atoms with Gasteiger partial charge in [0, 0.05) is 12.3 Å². The summed E-state index contributed by atoms with van der Waals surface area (Å²) in [5.74, 6) is 0.546. The Hall–Kier alpha value is 0.540. The Morgan fingerprint density at radius 2 is 1.90 bits per heavy atom. The molecule has 1 atom stereocenters. The van der Waals surface area contributed by atoms with Gasteiger partial charge in [0.25, 0.3) is 0 Å². The molecule has 0 amide bonds. The van der Waals surface area contributed by atoms with Crippen LogP contribution in [0.3, 0.4) is 0 Å². The first-order chi connectivity index (χ1) is 4.45. The third-order valence-corrected chi connectivity index (χ3v) is 1.34. The summed E-state index contributed by atoms with van der Waals surface area (Å²) in [5.41, 5.74) is -0.420. The second kappa shape index (κ2) is 4.42. The lowest BCUT2D eigenvalue weighted by molar-refractivity contribution is -0.0232. The Labute approximate surface area is 72.6 Å². The molecule has 0 saturated heterocycles. The normalized spacial score (nSPS) is 15.3. The van der Waals surface area contributed by atoms with Crippen molar-refractivity contribution in [2.24, 2.45) is 0 Å². The van der Waals surface area contributed by atoms with Crippen molar-refractivity contribution in [3.8, 4) is 0 Å². The zero-order chi connectivity index (χ0) is 8.20. The fourth-order valence-electron chi connectivity index (χ4n) is 0.528. The van der Waals surface area contributed by atoms with Crippen LogP contribution >= 0.6 is 23.2 Å². The fourth-order valence-corrected chi connectivity index (χ4v) is 1.21. The molecule has 0 N–H and O–H groups in total. The number of ether oxygens (including phenoxy) is 1. The summed E-state index contributed by atoms with van der Waals surface area (Å²) in [6, 6.07) is 0. The summed E-state index contributed by atoms with van der Waals surface area (Å²) in [7, 11) is 0. The van der Waals surface area contributed by atoms with Crippen LogP contribution in [0.2, 0.25) is 0 Å². The van der Waals surface area contributed by atoms with Crippen molar-refractivity contribution < 1.29 is 4.74 Å². The van der Waals surface area contributed by atoms with Crippen LogP contribution in [0.5, 0.6) is 0 Å². The predicted molar refractivity (Wildman–Crippen MR) is 45.8 cm³/mol. The van der Waals surface area contributed by atoms with Crippen molar-refractivity contribution in [3.63, 3.8) is 0 Å². The quantitative estimate of drug-likeness (QED) is 0.614. The van der Waals surface area contributed by atoms with Gasteiger partial charge in [0.05, 0.1) is 5.60 Å². The Morgan fingerprint density at radius 1 is 1.40 bits per heavy atom. The van der Waals surface area contributed by atoms with E-state index in [4.69, 9.17) is 27.9 Å². The van der Waals surface area contributed by atoms with E-state index in [-0.39, 0.29) is 11.2 Å². The Bertz CT molecular complexity index is 88.1. The molecule has 0 spiro atoms. The molecule has 0 saturated carbocycles. The van der Waals surface area contributed by atoms with E-state index in [0.717, 1.165) is 0 Å². The lowest BCUT2D eigenvalue weighted by atomic mass is 10.2. The SMILES string of the molecule is CC(C)(C)OC(Cl)CCCl. The van der Waals surface area contributed by atoms with Crippen molar-refractivity contribution in [1.29, 1.82) is 0 Å². The second-order valence-electron chi connectivity index (χ2n) is 3.12. The van der Waals surface area contributed by atoms with E-state index in [9.17, 15) is 0 Å². The lowest BCUT2D eigenvalue weighted by Gasteiger charge is -2.22. The maximum atomic E-state index is 5.76. The summed E-state index contributed by atoms with van der Waals surface area (Å²) < 4.78 is 5.36. The monoisotopic (exact) mass is 184 g/mol. The molecule has 0 aliphatic heterocycles. The summed E-state index contributed by atoms with van der Waals surface area (Å²) in [5, 5.41) is 0. The van der Waals surface area contributed by atoms with Gasteiger partial charge in [-0.05, 0) is 20.8 Å². The van der Waals surface area contributed by atoms with E-state index in [0.29, 0.717) is 12.3 Å². The zero-order valence-electron chi connectivity index (χ0n) is 6.66. The number of rotatable bonds is 3. The van der Waals surface area contributed by atoms with Gasteiger partial charge >= 0.3 is 0 Å². The average molecular weight is 185 g/mol. The highest BCUT2D eigenvalue weighted by atomic mass is 35.5. The number of halogens is 2. The van der Waals surface area contributed by atoms with Crippen LogP contribution in [-0.4, -0.2) is 17.0 Å². The first kappa shape index (κ1) is 10.5. The summed E-state index contributed by atoms with van der Waals surface area (Å²) in [6.45, 7) is 5.91. The van der Waals surface area contributed by atoms with Crippen LogP contribution in [0.4, 0.5) is 0 Å². The van der Waals surface area contributed by atoms with E-state index in [1.54, 1.807) is 0 Å². The molecule has 3 heteroatoms. The van der Waals surface area contributed by atoms with E-state index < -0.39 is 0 Å². The molecular weight excluding hydrogens is 171 g/mol. The van der Waals surface area contributed by atoms with Gasteiger partial charge in [-0.15, -0.1) is 11.6 Å². The summed E-state index contributed by atoms with van der Waals surface area (Å²) >= 11 is 11.2. The van der Waals surface area contributed by atoms with Gasteiger partial charge in [0.1, 0.15) is 5.56 Å². The Balaban J connectivity index is 3.47. The van der Waals surface area contributed by atoms with Gasteiger partial charge in [-0.2, -0.15) is 0 Å². The Kier molecular flexibility index (Phi) is 4.66. The van der Waals surface area contributed by atoms with Gasteiger partial charge in [0.2, 0.25) is 0 Å². The minimum absolute atomic E-state index is 0.168. The smallest absolute Gasteiger partial charge is 0.133 e.